The highest BCUT2D eigenvalue weighted by molar-refractivity contribution is 8.17. The number of nitro groups is 1. The number of likely N-dealkylation sites (tertiary alicyclic amines) is 1. The predicted octanol–water partition coefficient (Wildman–Crippen LogP) is 5.81. The van der Waals surface area contributed by atoms with E-state index in [0.29, 0.717) is 34.7 Å². The number of fused-ring (bicyclic) bond motifs is 1. The zero-order chi connectivity index (χ0) is 24.0. The summed E-state index contributed by atoms with van der Waals surface area (Å²) in [4.78, 5) is 26.9. The number of methoxy groups -OCH3 is 1. The van der Waals surface area contributed by atoms with Crippen LogP contribution in [0.25, 0.3) is 10.8 Å². The van der Waals surface area contributed by atoms with Crippen LogP contribution < -0.4 is 9.47 Å². The third-order valence-electron chi connectivity index (χ3n) is 5.54. The molecule has 180 valence electrons. The van der Waals surface area contributed by atoms with Crippen molar-refractivity contribution in [2.75, 3.05) is 37.6 Å². The standard InChI is InChI=1S/C23H29ClN2O5S2/c1-4-32-23(33-5-2)18-7-6-9-25(18)22(27)17-11-15-13-20(30-3)21(31-10-8-24)14-16(15)12-19(17)26(28)29/h11-14,18,23H,4-10H2,1-3H3. The molecule has 0 spiro atoms. The summed E-state index contributed by atoms with van der Waals surface area (Å²) in [6.07, 6.45) is 1.81. The van der Waals surface area contributed by atoms with Crippen LogP contribution in [-0.4, -0.2) is 64.0 Å². The highest BCUT2D eigenvalue weighted by Gasteiger charge is 2.37. The van der Waals surface area contributed by atoms with E-state index in [1.807, 2.05) is 28.4 Å². The quantitative estimate of drug-likeness (QED) is 0.162. The van der Waals surface area contributed by atoms with Crippen molar-refractivity contribution in [3.63, 3.8) is 0 Å². The first-order chi connectivity index (χ1) is 15.9. The van der Waals surface area contributed by atoms with Gasteiger partial charge in [-0.2, -0.15) is 0 Å². The molecule has 1 atom stereocenters. The number of carbonyl (C=O) groups excluding carboxylic acids is 1. The van der Waals surface area contributed by atoms with Gasteiger partial charge < -0.3 is 14.4 Å². The summed E-state index contributed by atoms with van der Waals surface area (Å²) in [5.74, 6) is 2.87. The van der Waals surface area contributed by atoms with E-state index in [4.69, 9.17) is 21.1 Å². The molecule has 2 aromatic rings. The van der Waals surface area contributed by atoms with Gasteiger partial charge in [-0.15, -0.1) is 35.1 Å². The molecule has 33 heavy (non-hydrogen) atoms. The summed E-state index contributed by atoms with van der Waals surface area (Å²) in [5.41, 5.74) is -0.0907. The molecule has 0 bridgehead atoms. The topological polar surface area (TPSA) is 81.9 Å². The van der Waals surface area contributed by atoms with E-state index in [1.54, 1.807) is 18.2 Å². The molecular formula is C23H29ClN2O5S2. The Morgan fingerprint density at radius 2 is 1.88 bits per heavy atom. The normalized spacial score (nSPS) is 15.9. The second kappa shape index (κ2) is 12.0. The number of alkyl halides is 1. The molecule has 1 fully saturated rings. The van der Waals surface area contributed by atoms with Crippen LogP contribution in [-0.2, 0) is 0 Å². The minimum absolute atomic E-state index is 0.0589. The predicted molar refractivity (Wildman–Crippen MR) is 137 cm³/mol. The van der Waals surface area contributed by atoms with Crippen molar-refractivity contribution in [2.45, 2.75) is 37.3 Å². The van der Waals surface area contributed by atoms with E-state index in [9.17, 15) is 14.9 Å². The average Bonchev–Trinajstić information content (AvgIpc) is 3.30. The van der Waals surface area contributed by atoms with Gasteiger partial charge in [0.25, 0.3) is 11.6 Å². The Morgan fingerprint density at radius 3 is 2.48 bits per heavy atom. The van der Waals surface area contributed by atoms with Crippen LogP contribution in [0.15, 0.2) is 24.3 Å². The molecule has 10 heteroatoms. The van der Waals surface area contributed by atoms with Crippen LogP contribution in [0.5, 0.6) is 11.5 Å². The van der Waals surface area contributed by atoms with Gasteiger partial charge in [-0.1, -0.05) is 13.8 Å². The maximum absolute atomic E-state index is 13.6. The molecule has 1 heterocycles. The lowest BCUT2D eigenvalue weighted by Crippen LogP contribution is -2.41. The molecule has 7 nitrogen and oxygen atoms in total. The smallest absolute Gasteiger partial charge is 0.282 e. The van der Waals surface area contributed by atoms with Crippen molar-refractivity contribution in [1.82, 2.24) is 4.90 Å². The molecule has 0 saturated carbocycles. The lowest BCUT2D eigenvalue weighted by atomic mass is 10.0. The summed E-state index contributed by atoms with van der Waals surface area (Å²) in [5, 5.41) is 13.2. The van der Waals surface area contributed by atoms with Gasteiger partial charge in [0.2, 0.25) is 0 Å². The van der Waals surface area contributed by atoms with Gasteiger partial charge in [0.05, 0.1) is 28.5 Å². The SMILES string of the molecule is CCSC(SCC)C1CCCN1C(=O)c1cc2cc(OC)c(OCCCl)cc2cc1[N+](=O)[O-]. The number of hydrogen-bond acceptors (Lipinski definition) is 7. The Morgan fingerprint density at radius 1 is 1.21 bits per heavy atom. The van der Waals surface area contributed by atoms with Crippen LogP contribution >= 0.6 is 35.1 Å². The fourth-order valence-corrected chi connectivity index (χ4v) is 7.07. The molecule has 1 saturated heterocycles. The van der Waals surface area contributed by atoms with Gasteiger partial charge in [0.1, 0.15) is 12.2 Å². The Labute approximate surface area is 207 Å². The maximum Gasteiger partial charge on any atom is 0.282 e. The first kappa shape index (κ1) is 25.8. The van der Waals surface area contributed by atoms with E-state index < -0.39 is 4.92 Å². The number of hydrogen-bond donors (Lipinski definition) is 0. The second-order valence-corrected chi connectivity index (χ2v) is 11.0. The maximum atomic E-state index is 13.6. The highest BCUT2D eigenvalue weighted by atomic mass is 35.5. The first-order valence-electron chi connectivity index (χ1n) is 11.0. The fraction of sp³-hybridized carbons (Fsp3) is 0.522. The summed E-state index contributed by atoms with van der Waals surface area (Å²) in [6.45, 7) is 5.12. The first-order valence-corrected chi connectivity index (χ1v) is 13.6. The lowest BCUT2D eigenvalue weighted by molar-refractivity contribution is -0.385. The van der Waals surface area contributed by atoms with Crippen molar-refractivity contribution in [3.05, 3.63) is 39.9 Å². The third kappa shape index (κ3) is 5.81. The van der Waals surface area contributed by atoms with Crippen molar-refractivity contribution in [2.24, 2.45) is 0 Å². The van der Waals surface area contributed by atoms with E-state index >= 15 is 0 Å². The number of thioether (sulfide) groups is 2. The fourth-order valence-electron chi connectivity index (χ4n) is 4.12. The molecule has 0 N–H and O–H groups in total. The van der Waals surface area contributed by atoms with Crippen LogP contribution in [0.1, 0.15) is 37.0 Å². The second-order valence-electron chi connectivity index (χ2n) is 7.50. The molecule has 0 aliphatic carbocycles. The summed E-state index contributed by atoms with van der Waals surface area (Å²) in [6, 6.07) is 6.53. The molecule has 3 rings (SSSR count). The molecule has 1 amide bonds. The van der Waals surface area contributed by atoms with E-state index in [-0.39, 0.29) is 34.4 Å². The number of halogens is 1. The number of amides is 1. The van der Waals surface area contributed by atoms with Gasteiger partial charge in [-0.05, 0) is 53.3 Å². The lowest BCUT2D eigenvalue weighted by Gasteiger charge is -2.31. The molecule has 2 aromatic carbocycles. The summed E-state index contributed by atoms with van der Waals surface area (Å²) >= 11 is 9.39. The zero-order valence-electron chi connectivity index (χ0n) is 19.0. The Hall–Kier alpha value is -1.84. The molecule has 1 aliphatic rings. The number of rotatable bonds is 11. The monoisotopic (exact) mass is 512 g/mol. The number of carbonyl (C=O) groups is 1. The molecule has 0 radical (unpaired) electrons. The molecule has 1 unspecified atom stereocenters. The number of nitro benzene ring substituents is 1. The van der Waals surface area contributed by atoms with Gasteiger partial charge in [-0.3, -0.25) is 14.9 Å². The highest BCUT2D eigenvalue weighted by Crippen LogP contribution is 2.39. The van der Waals surface area contributed by atoms with Crippen molar-refractivity contribution in [1.29, 1.82) is 0 Å². The molecule has 1 aliphatic heterocycles. The number of ether oxygens (including phenoxy) is 2. The van der Waals surface area contributed by atoms with Crippen LogP contribution in [0.2, 0.25) is 0 Å². The van der Waals surface area contributed by atoms with Crippen LogP contribution in [0.4, 0.5) is 5.69 Å². The third-order valence-corrected chi connectivity index (χ3v) is 8.46. The van der Waals surface area contributed by atoms with Crippen LogP contribution in [0.3, 0.4) is 0 Å². The van der Waals surface area contributed by atoms with E-state index in [0.717, 1.165) is 24.3 Å². The van der Waals surface area contributed by atoms with E-state index in [2.05, 4.69) is 13.8 Å². The van der Waals surface area contributed by atoms with Crippen LogP contribution in [0, 0.1) is 10.1 Å². The van der Waals surface area contributed by atoms with E-state index in [1.165, 1.54) is 13.2 Å². The zero-order valence-corrected chi connectivity index (χ0v) is 21.4. The molecule has 0 aromatic heterocycles. The minimum Gasteiger partial charge on any atom is -0.493 e. The summed E-state index contributed by atoms with van der Waals surface area (Å²) < 4.78 is 11.3. The Bertz CT molecular complexity index is 1000. The Balaban J connectivity index is 2.04. The van der Waals surface area contributed by atoms with Crippen molar-refractivity contribution >= 4 is 57.5 Å². The van der Waals surface area contributed by atoms with Crippen molar-refractivity contribution in [3.8, 4) is 11.5 Å². The Kier molecular flexibility index (Phi) is 9.40. The average molecular weight is 513 g/mol. The van der Waals surface area contributed by atoms with Crippen molar-refractivity contribution < 1.29 is 19.2 Å². The van der Waals surface area contributed by atoms with Gasteiger partial charge >= 0.3 is 0 Å². The largest absolute Gasteiger partial charge is 0.493 e. The van der Waals surface area contributed by atoms with Gasteiger partial charge in [0.15, 0.2) is 11.5 Å². The molecular weight excluding hydrogens is 484 g/mol. The number of nitrogens with zero attached hydrogens (tertiary/aromatic N) is 2. The number of benzene rings is 2. The minimum atomic E-state index is -0.486. The van der Waals surface area contributed by atoms with Gasteiger partial charge in [-0.25, -0.2) is 0 Å². The summed E-state index contributed by atoms with van der Waals surface area (Å²) in [7, 11) is 1.53. The van der Waals surface area contributed by atoms with Gasteiger partial charge in [0, 0.05) is 12.6 Å².